The number of methoxy groups -OCH3 is 1. The molecular formula is C12H16N2O2. The van der Waals surface area contributed by atoms with Crippen molar-refractivity contribution in [1.82, 2.24) is 5.43 Å². The number of benzene rings is 1. The SMILES string of the molecule is COc1cccc(C(NN)C2=CCCO2)c1. The Labute approximate surface area is 95.0 Å². The van der Waals surface area contributed by atoms with E-state index in [2.05, 4.69) is 11.5 Å². The number of nitrogens with one attached hydrogen (secondary N) is 1. The third-order valence-electron chi connectivity index (χ3n) is 2.61. The smallest absolute Gasteiger partial charge is 0.119 e. The van der Waals surface area contributed by atoms with Crippen molar-refractivity contribution in [3.05, 3.63) is 41.7 Å². The van der Waals surface area contributed by atoms with Gasteiger partial charge in [-0.15, -0.1) is 0 Å². The lowest BCUT2D eigenvalue weighted by Gasteiger charge is -2.18. The van der Waals surface area contributed by atoms with Crippen LogP contribution < -0.4 is 16.0 Å². The molecule has 0 spiro atoms. The fourth-order valence-electron chi connectivity index (χ4n) is 1.80. The molecule has 1 aliphatic rings. The summed E-state index contributed by atoms with van der Waals surface area (Å²) in [4.78, 5) is 0. The van der Waals surface area contributed by atoms with Crippen LogP contribution in [-0.4, -0.2) is 13.7 Å². The van der Waals surface area contributed by atoms with Crippen LogP contribution in [0.15, 0.2) is 36.1 Å². The Balaban J connectivity index is 2.25. The molecule has 86 valence electrons. The monoisotopic (exact) mass is 220 g/mol. The molecule has 4 nitrogen and oxygen atoms in total. The zero-order valence-corrected chi connectivity index (χ0v) is 9.27. The zero-order valence-electron chi connectivity index (χ0n) is 9.27. The lowest BCUT2D eigenvalue weighted by Crippen LogP contribution is -2.29. The van der Waals surface area contributed by atoms with Gasteiger partial charge in [-0.05, 0) is 23.8 Å². The molecule has 1 heterocycles. The van der Waals surface area contributed by atoms with Gasteiger partial charge in [0.05, 0.1) is 13.7 Å². The first-order chi connectivity index (χ1) is 7.85. The summed E-state index contributed by atoms with van der Waals surface area (Å²) in [5.74, 6) is 7.27. The van der Waals surface area contributed by atoms with E-state index in [9.17, 15) is 0 Å². The van der Waals surface area contributed by atoms with Crippen LogP contribution in [-0.2, 0) is 4.74 Å². The lowest BCUT2D eigenvalue weighted by atomic mass is 10.1. The molecule has 0 fully saturated rings. The van der Waals surface area contributed by atoms with Crippen LogP contribution in [0.2, 0.25) is 0 Å². The number of hydrazine groups is 1. The highest BCUT2D eigenvalue weighted by molar-refractivity contribution is 5.34. The molecule has 3 N–H and O–H groups in total. The predicted octanol–water partition coefficient (Wildman–Crippen LogP) is 1.50. The molecule has 1 atom stereocenters. The van der Waals surface area contributed by atoms with Crippen molar-refractivity contribution in [3.63, 3.8) is 0 Å². The number of hydrogen-bond donors (Lipinski definition) is 2. The largest absolute Gasteiger partial charge is 0.497 e. The first-order valence-electron chi connectivity index (χ1n) is 5.28. The zero-order chi connectivity index (χ0) is 11.4. The minimum Gasteiger partial charge on any atom is -0.497 e. The highest BCUT2D eigenvalue weighted by Crippen LogP contribution is 2.27. The van der Waals surface area contributed by atoms with E-state index in [1.165, 1.54) is 0 Å². The average molecular weight is 220 g/mol. The van der Waals surface area contributed by atoms with Gasteiger partial charge in [0.15, 0.2) is 0 Å². The molecule has 0 amide bonds. The molecule has 4 heteroatoms. The molecule has 2 rings (SSSR count). The van der Waals surface area contributed by atoms with Gasteiger partial charge in [-0.1, -0.05) is 12.1 Å². The van der Waals surface area contributed by atoms with Gasteiger partial charge in [0.1, 0.15) is 17.6 Å². The second kappa shape index (κ2) is 5.01. The molecule has 0 saturated heterocycles. The van der Waals surface area contributed by atoms with Crippen molar-refractivity contribution in [2.45, 2.75) is 12.5 Å². The maximum atomic E-state index is 5.56. The number of hydrogen-bond acceptors (Lipinski definition) is 4. The lowest BCUT2D eigenvalue weighted by molar-refractivity contribution is 0.215. The molecule has 0 saturated carbocycles. The molecule has 0 aliphatic carbocycles. The number of rotatable bonds is 4. The third kappa shape index (κ3) is 2.18. The van der Waals surface area contributed by atoms with E-state index in [1.54, 1.807) is 7.11 Å². The maximum absolute atomic E-state index is 5.56. The Bertz CT molecular complexity index is 390. The topological polar surface area (TPSA) is 56.5 Å². The van der Waals surface area contributed by atoms with Gasteiger partial charge in [-0.25, -0.2) is 5.43 Å². The van der Waals surface area contributed by atoms with Crippen LogP contribution in [0.4, 0.5) is 0 Å². The second-order valence-electron chi connectivity index (χ2n) is 3.62. The van der Waals surface area contributed by atoms with E-state index in [1.807, 2.05) is 24.3 Å². The summed E-state index contributed by atoms with van der Waals surface area (Å²) < 4.78 is 10.7. The van der Waals surface area contributed by atoms with Gasteiger partial charge in [-0.3, -0.25) is 5.84 Å². The first kappa shape index (κ1) is 11.0. The first-order valence-corrected chi connectivity index (χ1v) is 5.28. The van der Waals surface area contributed by atoms with Gasteiger partial charge < -0.3 is 9.47 Å². The molecule has 1 aromatic carbocycles. The molecule has 16 heavy (non-hydrogen) atoms. The molecule has 0 aromatic heterocycles. The third-order valence-corrected chi connectivity index (χ3v) is 2.61. The Hall–Kier alpha value is -1.52. The van der Waals surface area contributed by atoms with E-state index >= 15 is 0 Å². The minimum atomic E-state index is -0.0994. The summed E-state index contributed by atoms with van der Waals surface area (Å²) in [6, 6.07) is 7.69. The number of ether oxygens (including phenoxy) is 2. The average Bonchev–Trinajstić information content (AvgIpc) is 2.84. The quantitative estimate of drug-likeness (QED) is 0.596. The minimum absolute atomic E-state index is 0.0994. The van der Waals surface area contributed by atoms with E-state index in [4.69, 9.17) is 15.3 Å². The molecule has 0 radical (unpaired) electrons. The maximum Gasteiger partial charge on any atom is 0.119 e. The Kier molecular flexibility index (Phi) is 3.44. The van der Waals surface area contributed by atoms with Gasteiger partial charge >= 0.3 is 0 Å². The molecule has 0 bridgehead atoms. The summed E-state index contributed by atoms with van der Waals surface area (Å²) in [6.07, 6.45) is 3.00. The van der Waals surface area contributed by atoms with Gasteiger partial charge in [0.2, 0.25) is 0 Å². The fourth-order valence-corrected chi connectivity index (χ4v) is 1.80. The van der Waals surface area contributed by atoms with Crippen LogP contribution in [0.5, 0.6) is 5.75 Å². The Morgan fingerprint density at radius 3 is 3.00 bits per heavy atom. The van der Waals surface area contributed by atoms with Crippen molar-refractivity contribution < 1.29 is 9.47 Å². The highest BCUT2D eigenvalue weighted by Gasteiger charge is 2.19. The molecule has 1 aliphatic heterocycles. The van der Waals surface area contributed by atoms with E-state index < -0.39 is 0 Å². The van der Waals surface area contributed by atoms with Crippen LogP contribution >= 0.6 is 0 Å². The van der Waals surface area contributed by atoms with Gasteiger partial charge in [-0.2, -0.15) is 0 Å². The summed E-state index contributed by atoms with van der Waals surface area (Å²) in [5, 5.41) is 0. The van der Waals surface area contributed by atoms with E-state index in [0.29, 0.717) is 0 Å². The Morgan fingerprint density at radius 2 is 2.38 bits per heavy atom. The van der Waals surface area contributed by atoms with Crippen molar-refractivity contribution in [2.75, 3.05) is 13.7 Å². The number of nitrogens with two attached hydrogens (primary N) is 1. The van der Waals surface area contributed by atoms with Crippen LogP contribution in [0.3, 0.4) is 0 Å². The second-order valence-corrected chi connectivity index (χ2v) is 3.62. The van der Waals surface area contributed by atoms with Crippen molar-refractivity contribution >= 4 is 0 Å². The van der Waals surface area contributed by atoms with E-state index in [0.717, 1.165) is 30.1 Å². The fraction of sp³-hybridized carbons (Fsp3) is 0.333. The van der Waals surface area contributed by atoms with Gasteiger partial charge in [0.25, 0.3) is 0 Å². The molecular weight excluding hydrogens is 204 g/mol. The van der Waals surface area contributed by atoms with Crippen molar-refractivity contribution in [2.24, 2.45) is 5.84 Å². The van der Waals surface area contributed by atoms with Crippen LogP contribution in [0.1, 0.15) is 18.0 Å². The molecule has 1 unspecified atom stereocenters. The summed E-state index contributed by atoms with van der Waals surface area (Å²) >= 11 is 0. The summed E-state index contributed by atoms with van der Waals surface area (Å²) in [5.41, 5.74) is 3.80. The van der Waals surface area contributed by atoms with Crippen LogP contribution in [0, 0.1) is 0 Å². The van der Waals surface area contributed by atoms with Crippen molar-refractivity contribution in [3.8, 4) is 5.75 Å². The van der Waals surface area contributed by atoms with Crippen LogP contribution in [0.25, 0.3) is 0 Å². The highest BCUT2D eigenvalue weighted by atomic mass is 16.5. The summed E-state index contributed by atoms with van der Waals surface area (Å²) in [7, 11) is 1.65. The Morgan fingerprint density at radius 1 is 1.50 bits per heavy atom. The van der Waals surface area contributed by atoms with Gasteiger partial charge in [0, 0.05) is 6.42 Å². The molecule has 1 aromatic rings. The van der Waals surface area contributed by atoms with E-state index in [-0.39, 0.29) is 6.04 Å². The van der Waals surface area contributed by atoms with Crippen molar-refractivity contribution in [1.29, 1.82) is 0 Å². The summed E-state index contributed by atoms with van der Waals surface area (Å²) in [6.45, 7) is 0.734. The normalized spacial score (nSPS) is 16.5. The standard InChI is InChI=1S/C12H16N2O2/c1-15-10-5-2-4-9(8-10)12(14-13)11-6-3-7-16-11/h2,4-6,8,12,14H,3,7,13H2,1H3. The predicted molar refractivity (Wildman–Crippen MR) is 61.7 cm³/mol.